The molecule has 0 bridgehead atoms. The van der Waals surface area contributed by atoms with Gasteiger partial charge in [0.1, 0.15) is 12.6 Å². The minimum atomic E-state index is -0.845. The number of hydrogen-bond acceptors (Lipinski definition) is 5. The molecule has 7 nitrogen and oxygen atoms in total. The summed E-state index contributed by atoms with van der Waals surface area (Å²) in [5.41, 5.74) is 1.90. The molecule has 0 aliphatic heterocycles. The van der Waals surface area contributed by atoms with Crippen molar-refractivity contribution in [1.82, 2.24) is 10.6 Å². The second-order valence-electron chi connectivity index (χ2n) is 8.82. The van der Waals surface area contributed by atoms with Gasteiger partial charge in [0.2, 0.25) is 11.7 Å². The number of nitrogens with one attached hydrogen (secondary N) is 2. The van der Waals surface area contributed by atoms with Crippen molar-refractivity contribution < 1.29 is 23.5 Å². The smallest absolute Gasteiger partial charge is 0.408 e. The number of amides is 2. The Balaban J connectivity index is 1.66. The lowest BCUT2D eigenvalue weighted by Gasteiger charge is -2.23. The van der Waals surface area contributed by atoms with Gasteiger partial charge < -0.3 is 19.8 Å². The van der Waals surface area contributed by atoms with Crippen LogP contribution in [0.3, 0.4) is 0 Å². The Morgan fingerprint density at radius 1 is 0.829 bits per heavy atom. The molecule has 7 heteroatoms. The normalized spacial score (nSPS) is 12.5. The average Bonchev–Trinajstić information content (AvgIpc) is 3.40. The van der Waals surface area contributed by atoms with Crippen molar-refractivity contribution >= 4 is 17.8 Å². The fourth-order valence-electron chi connectivity index (χ4n) is 3.70. The number of furan rings is 1. The number of benzene rings is 2. The number of carbonyl (C=O) groups excluding carboxylic acids is 3. The van der Waals surface area contributed by atoms with E-state index in [1.54, 1.807) is 12.1 Å². The molecule has 35 heavy (non-hydrogen) atoms. The van der Waals surface area contributed by atoms with Gasteiger partial charge in [-0.05, 0) is 48.4 Å². The maximum absolute atomic E-state index is 13.2. The second-order valence-corrected chi connectivity index (χ2v) is 8.82. The Hall–Kier alpha value is -3.87. The number of rotatable bonds is 12. The molecular formula is C28H32N2O5. The summed E-state index contributed by atoms with van der Waals surface area (Å²) in [4.78, 5) is 38.7. The van der Waals surface area contributed by atoms with E-state index in [0.717, 1.165) is 11.1 Å². The average molecular weight is 477 g/mol. The SMILES string of the molecule is CC(C)C[C@H](NC(=O)OCc1ccccc1)C(=O)N[C@@H](CCc1ccccc1)C(=O)c1ccco1. The topological polar surface area (TPSA) is 97.6 Å². The highest BCUT2D eigenvalue weighted by Gasteiger charge is 2.29. The summed E-state index contributed by atoms with van der Waals surface area (Å²) in [6, 6.07) is 20.6. The van der Waals surface area contributed by atoms with Gasteiger partial charge in [0.25, 0.3) is 0 Å². The van der Waals surface area contributed by atoms with E-state index in [1.807, 2.05) is 74.5 Å². The Bertz CT molecular complexity index is 1070. The van der Waals surface area contributed by atoms with Crippen LogP contribution in [0.1, 0.15) is 48.4 Å². The molecule has 2 amide bonds. The van der Waals surface area contributed by atoms with Crippen molar-refractivity contribution in [3.63, 3.8) is 0 Å². The standard InChI is InChI=1S/C28H32N2O5/c1-20(2)18-24(30-28(33)35-19-22-12-7-4-8-13-22)27(32)29-23(26(31)25-14-9-17-34-25)16-15-21-10-5-3-6-11-21/h3-14,17,20,23-24H,15-16,18-19H2,1-2H3,(H,29,32)(H,30,33)/t23-,24-/m0/s1. The summed E-state index contributed by atoms with van der Waals surface area (Å²) in [5, 5.41) is 5.50. The Labute approximate surface area is 205 Å². The third-order valence-corrected chi connectivity index (χ3v) is 5.49. The number of alkyl carbamates (subject to hydrolysis) is 1. The third-order valence-electron chi connectivity index (χ3n) is 5.49. The monoisotopic (exact) mass is 476 g/mol. The Morgan fingerprint density at radius 3 is 2.09 bits per heavy atom. The lowest BCUT2D eigenvalue weighted by Crippen LogP contribution is -2.52. The highest BCUT2D eigenvalue weighted by atomic mass is 16.5. The van der Waals surface area contributed by atoms with Crippen LogP contribution in [0.15, 0.2) is 83.5 Å². The van der Waals surface area contributed by atoms with Gasteiger partial charge in [0, 0.05) is 0 Å². The van der Waals surface area contributed by atoms with E-state index in [4.69, 9.17) is 9.15 Å². The molecule has 0 unspecified atom stereocenters. The number of carbonyl (C=O) groups is 3. The first-order valence-corrected chi connectivity index (χ1v) is 11.8. The molecule has 3 aromatic rings. The van der Waals surface area contributed by atoms with Gasteiger partial charge in [-0.3, -0.25) is 9.59 Å². The summed E-state index contributed by atoms with van der Waals surface area (Å²) in [6.07, 6.45) is 2.12. The van der Waals surface area contributed by atoms with Gasteiger partial charge in [-0.1, -0.05) is 74.5 Å². The molecular weight excluding hydrogens is 444 g/mol. The van der Waals surface area contributed by atoms with Crippen molar-refractivity contribution in [2.45, 2.75) is 51.8 Å². The van der Waals surface area contributed by atoms with Crippen LogP contribution in [0.5, 0.6) is 0 Å². The molecule has 0 saturated carbocycles. The summed E-state index contributed by atoms with van der Waals surface area (Å²) < 4.78 is 10.6. The molecule has 184 valence electrons. The minimum Gasteiger partial charge on any atom is -0.461 e. The predicted molar refractivity (Wildman–Crippen MR) is 133 cm³/mol. The van der Waals surface area contributed by atoms with Gasteiger partial charge in [-0.15, -0.1) is 0 Å². The number of ketones is 1. The first kappa shape index (κ1) is 25.7. The molecule has 2 atom stereocenters. The van der Waals surface area contributed by atoms with Gasteiger partial charge in [0.15, 0.2) is 5.76 Å². The van der Waals surface area contributed by atoms with Gasteiger partial charge in [-0.2, -0.15) is 0 Å². The van der Waals surface area contributed by atoms with Crippen LogP contribution in [-0.2, 0) is 22.6 Å². The quantitative estimate of drug-likeness (QED) is 0.362. The van der Waals surface area contributed by atoms with Crippen molar-refractivity contribution in [2.24, 2.45) is 5.92 Å². The van der Waals surface area contributed by atoms with E-state index >= 15 is 0 Å². The molecule has 0 aliphatic rings. The number of aryl methyl sites for hydroxylation is 1. The van der Waals surface area contributed by atoms with Crippen molar-refractivity contribution in [3.8, 4) is 0 Å². The highest BCUT2D eigenvalue weighted by Crippen LogP contribution is 2.13. The number of ether oxygens (including phenoxy) is 1. The van der Waals surface area contributed by atoms with Gasteiger partial charge in [0.05, 0.1) is 12.3 Å². The lowest BCUT2D eigenvalue weighted by atomic mass is 9.99. The second kappa shape index (κ2) is 13.1. The zero-order chi connectivity index (χ0) is 25.0. The summed E-state index contributed by atoms with van der Waals surface area (Å²) in [7, 11) is 0. The summed E-state index contributed by atoms with van der Waals surface area (Å²) in [6.45, 7) is 4.01. The minimum absolute atomic E-state index is 0.0966. The molecule has 1 heterocycles. The van der Waals surface area contributed by atoms with Crippen molar-refractivity contribution in [3.05, 3.63) is 95.9 Å². The van der Waals surface area contributed by atoms with Crippen molar-refractivity contribution in [1.29, 1.82) is 0 Å². The predicted octanol–water partition coefficient (Wildman–Crippen LogP) is 4.92. The fraction of sp³-hybridized carbons (Fsp3) is 0.321. The van der Waals surface area contributed by atoms with Gasteiger partial charge in [-0.25, -0.2) is 4.79 Å². The van der Waals surface area contributed by atoms with Crippen LogP contribution in [0.2, 0.25) is 0 Å². The van der Waals surface area contributed by atoms with Crippen LogP contribution in [0, 0.1) is 5.92 Å². The molecule has 0 saturated heterocycles. The summed E-state index contributed by atoms with van der Waals surface area (Å²) >= 11 is 0. The molecule has 0 fully saturated rings. The van der Waals surface area contributed by atoms with Crippen LogP contribution in [0.25, 0.3) is 0 Å². The molecule has 1 aromatic heterocycles. The molecule has 0 aliphatic carbocycles. The van der Waals surface area contributed by atoms with E-state index in [9.17, 15) is 14.4 Å². The largest absolute Gasteiger partial charge is 0.461 e. The number of hydrogen-bond donors (Lipinski definition) is 2. The Kier molecular flexibility index (Phi) is 9.66. The molecule has 3 rings (SSSR count). The number of Topliss-reactive ketones (excluding diaryl/α,β-unsaturated/α-hetero) is 1. The van der Waals surface area contributed by atoms with Crippen LogP contribution >= 0.6 is 0 Å². The lowest BCUT2D eigenvalue weighted by molar-refractivity contribution is -0.124. The van der Waals surface area contributed by atoms with Crippen molar-refractivity contribution in [2.75, 3.05) is 0 Å². The molecule has 0 radical (unpaired) electrons. The first-order chi connectivity index (χ1) is 16.9. The zero-order valence-electron chi connectivity index (χ0n) is 20.1. The first-order valence-electron chi connectivity index (χ1n) is 11.8. The van der Waals surface area contributed by atoms with E-state index in [1.165, 1.54) is 6.26 Å². The van der Waals surface area contributed by atoms with E-state index in [2.05, 4.69) is 10.6 Å². The van der Waals surface area contributed by atoms with Crippen LogP contribution in [-0.4, -0.2) is 29.9 Å². The molecule has 0 spiro atoms. The zero-order valence-corrected chi connectivity index (χ0v) is 20.1. The van der Waals surface area contributed by atoms with E-state index in [0.29, 0.717) is 19.3 Å². The highest BCUT2D eigenvalue weighted by molar-refractivity contribution is 6.00. The molecule has 2 N–H and O–H groups in total. The summed E-state index contributed by atoms with van der Waals surface area (Å²) in [5.74, 6) is -0.440. The van der Waals surface area contributed by atoms with E-state index in [-0.39, 0.29) is 24.1 Å². The third kappa shape index (κ3) is 8.45. The molecule has 2 aromatic carbocycles. The maximum atomic E-state index is 13.2. The van der Waals surface area contributed by atoms with E-state index < -0.39 is 24.1 Å². The van der Waals surface area contributed by atoms with Crippen LogP contribution < -0.4 is 10.6 Å². The van der Waals surface area contributed by atoms with Gasteiger partial charge >= 0.3 is 6.09 Å². The van der Waals surface area contributed by atoms with Crippen LogP contribution in [0.4, 0.5) is 4.79 Å². The fourth-order valence-corrected chi connectivity index (χ4v) is 3.70. The maximum Gasteiger partial charge on any atom is 0.408 e. The Morgan fingerprint density at radius 2 is 1.49 bits per heavy atom.